The van der Waals surface area contributed by atoms with E-state index in [0.29, 0.717) is 6.54 Å². The Bertz CT molecular complexity index is 1540. The van der Waals surface area contributed by atoms with Crippen LogP contribution in [0.25, 0.3) is 0 Å². The van der Waals surface area contributed by atoms with Gasteiger partial charge in [0.05, 0.1) is 17.5 Å². The van der Waals surface area contributed by atoms with Crippen molar-refractivity contribution in [2.24, 2.45) is 0 Å². The van der Waals surface area contributed by atoms with Crippen LogP contribution in [-0.2, 0) is 14.9 Å². The Hall–Kier alpha value is -4.07. The van der Waals surface area contributed by atoms with Gasteiger partial charge in [0.15, 0.2) is 0 Å². The van der Waals surface area contributed by atoms with Crippen LogP contribution in [0.1, 0.15) is 61.4 Å². The highest BCUT2D eigenvalue weighted by molar-refractivity contribution is 7.81. The van der Waals surface area contributed by atoms with E-state index in [1.807, 2.05) is 107 Å². The molecule has 4 aromatic rings. The lowest BCUT2D eigenvalue weighted by Crippen LogP contribution is -2.58. The van der Waals surface area contributed by atoms with Crippen LogP contribution in [-0.4, -0.2) is 52.9 Å². The molecule has 246 valence electrons. The van der Waals surface area contributed by atoms with Crippen LogP contribution in [0.5, 0.6) is 0 Å². The van der Waals surface area contributed by atoms with E-state index < -0.39 is 28.4 Å². The Morgan fingerprint density at radius 2 is 1.36 bits per heavy atom. The maximum atomic E-state index is 13.8. The molecular weight excluding hydrogens is 603 g/mol. The zero-order valence-corrected chi connectivity index (χ0v) is 29.0. The fourth-order valence-corrected chi connectivity index (χ4v) is 7.41. The third-order valence-electron chi connectivity index (χ3n) is 9.17. The lowest BCUT2D eigenvalue weighted by Gasteiger charge is -2.45. The number of carbonyl (C=O) groups excluding carboxylic acids is 2. The number of amides is 2. The third kappa shape index (κ3) is 7.74. The van der Waals surface area contributed by atoms with Crippen molar-refractivity contribution in [2.75, 3.05) is 18.4 Å². The molecule has 1 saturated heterocycles. The minimum absolute atomic E-state index is 0.0385. The number of aryl methyl sites for hydroxylation is 1. The standard InChI is InChI=1S/C40H47N3O3S/c1-28-17-15-24-33(29(28)2)41-37(44)35-25-16-26-43(35)27-34(42-38(45)46-39(3,4)5)36(47)40(30-18-9-6-10-19-30,31-20-11-7-12-21-31)32-22-13-8-14-23-32/h6-15,17-24,34-36,47H,16,25-27H2,1-5H3,(H,41,44)(H,42,45)/t34-,35+,36?/m1/s1. The molecule has 0 saturated carbocycles. The summed E-state index contributed by atoms with van der Waals surface area (Å²) in [6, 6.07) is 36.2. The summed E-state index contributed by atoms with van der Waals surface area (Å²) < 4.78 is 5.81. The topological polar surface area (TPSA) is 70.7 Å². The van der Waals surface area contributed by atoms with E-state index in [0.717, 1.165) is 52.9 Å². The number of hydrogen-bond acceptors (Lipinski definition) is 5. The number of ether oxygens (including phenoxy) is 1. The summed E-state index contributed by atoms with van der Waals surface area (Å²) in [4.78, 5) is 29.6. The van der Waals surface area contributed by atoms with Crippen LogP contribution in [0.15, 0.2) is 109 Å². The van der Waals surface area contributed by atoms with Gasteiger partial charge in [0, 0.05) is 17.5 Å². The molecule has 1 aliphatic rings. The summed E-state index contributed by atoms with van der Waals surface area (Å²) in [7, 11) is 0. The van der Waals surface area contributed by atoms with Gasteiger partial charge < -0.3 is 15.4 Å². The summed E-state index contributed by atoms with van der Waals surface area (Å²) >= 11 is 5.49. The fourth-order valence-electron chi connectivity index (χ4n) is 6.80. The third-order valence-corrected chi connectivity index (χ3v) is 9.92. The van der Waals surface area contributed by atoms with Gasteiger partial charge in [-0.15, -0.1) is 0 Å². The fraction of sp³-hybridized carbons (Fsp3) is 0.350. The maximum Gasteiger partial charge on any atom is 0.407 e. The Balaban J connectivity index is 1.57. The first-order chi connectivity index (χ1) is 22.5. The average Bonchev–Trinajstić information content (AvgIpc) is 3.52. The summed E-state index contributed by atoms with van der Waals surface area (Å²) in [6.45, 7) is 10.8. The Kier molecular flexibility index (Phi) is 10.8. The van der Waals surface area contributed by atoms with E-state index in [1.54, 1.807) is 0 Å². The first kappa shape index (κ1) is 34.3. The van der Waals surface area contributed by atoms with Gasteiger partial charge >= 0.3 is 6.09 Å². The predicted molar refractivity (Wildman–Crippen MR) is 194 cm³/mol. The van der Waals surface area contributed by atoms with Crippen molar-refractivity contribution >= 4 is 30.3 Å². The molecule has 0 spiro atoms. The van der Waals surface area contributed by atoms with Crippen LogP contribution in [0.4, 0.5) is 10.5 Å². The first-order valence-corrected chi connectivity index (χ1v) is 17.0. The normalized spacial score (nSPS) is 16.7. The van der Waals surface area contributed by atoms with E-state index in [-0.39, 0.29) is 11.9 Å². The maximum absolute atomic E-state index is 13.8. The summed E-state index contributed by atoms with van der Waals surface area (Å²) in [5, 5.41) is 5.96. The smallest absolute Gasteiger partial charge is 0.407 e. The second-order valence-corrected chi connectivity index (χ2v) is 14.0. The summed E-state index contributed by atoms with van der Waals surface area (Å²) in [5.41, 5.74) is 4.74. The summed E-state index contributed by atoms with van der Waals surface area (Å²) in [5.74, 6) is -0.0385. The Morgan fingerprint density at radius 1 is 0.830 bits per heavy atom. The van der Waals surface area contributed by atoms with Gasteiger partial charge in [-0.2, -0.15) is 12.6 Å². The summed E-state index contributed by atoms with van der Waals surface area (Å²) in [6.07, 6.45) is 1.09. The van der Waals surface area contributed by atoms with Crippen LogP contribution >= 0.6 is 12.6 Å². The number of benzene rings is 4. The molecule has 1 unspecified atom stereocenters. The van der Waals surface area contributed by atoms with Crippen LogP contribution in [0.3, 0.4) is 0 Å². The highest BCUT2D eigenvalue weighted by atomic mass is 32.1. The zero-order valence-electron chi connectivity index (χ0n) is 28.1. The van der Waals surface area contributed by atoms with Gasteiger partial charge in [-0.1, -0.05) is 103 Å². The van der Waals surface area contributed by atoms with E-state index in [4.69, 9.17) is 17.4 Å². The molecule has 0 aliphatic carbocycles. The predicted octanol–water partition coefficient (Wildman–Crippen LogP) is 7.93. The van der Waals surface area contributed by atoms with E-state index in [1.165, 1.54) is 0 Å². The quantitative estimate of drug-likeness (QED) is 0.121. The van der Waals surface area contributed by atoms with Gasteiger partial charge in [-0.3, -0.25) is 9.69 Å². The number of carbonyl (C=O) groups is 2. The molecule has 3 atom stereocenters. The van der Waals surface area contributed by atoms with Gasteiger partial charge in [0.25, 0.3) is 0 Å². The van der Waals surface area contributed by atoms with E-state index in [2.05, 4.69) is 51.9 Å². The molecule has 47 heavy (non-hydrogen) atoms. The molecule has 0 aromatic heterocycles. The lowest BCUT2D eigenvalue weighted by atomic mass is 9.65. The number of rotatable bonds is 10. The van der Waals surface area contributed by atoms with E-state index >= 15 is 0 Å². The minimum atomic E-state index is -0.761. The van der Waals surface area contributed by atoms with Crippen molar-refractivity contribution in [3.8, 4) is 0 Å². The molecule has 1 fully saturated rings. The second kappa shape index (κ2) is 14.8. The second-order valence-electron chi connectivity index (χ2n) is 13.5. The number of nitrogens with zero attached hydrogens (tertiary/aromatic N) is 1. The van der Waals surface area contributed by atoms with Crippen molar-refractivity contribution in [3.05, 3.63) is 137 Å². The van der Waals surface area contributed by atoms with Crippen molar-refractivity contribution < 1.29 is 14.3 Å². The number of likely N-dealkylation sites (tertiary alicyclic amines) is 1. The molecule has 6 nitrogen and oxygen atoms in total. The number of anilines is 1. The molecule has 0 radical (unpaired) electrons. The molecule has 2 N–H and O–H groups in total. The minimum Gasteiger partial charge on any atom is -0.444 e. The monoisotopic (exact) mass is 649 g/mol. The number of nitrogens with one attached hydrogen (secondary N) is 2. The molecule has 1 aliphatic heterocycles. The molecular formula is C40H47N3O3S. The van der Waals surface area contributed by atoms with Crippen molar-refractivity contribution in [3.63, 3.8) is 0 Å². The van der Waals surface area contributed by atoms with Gasteiger partial charge in [-0.25, -0.2) is 4.79 Å². The van der Waals surface area contributed by atoms with Crippen molar-refractivity contribution in [1.82, 2.24) is 10.2 Å². The molecule has 0 bridgehead atoms. The average molecular weight is 650 g/mol. The first-order valence-electron chi connectivity index (χ1n) is 16.5. The highest BCUT2D eigenvalue weighted by Gasteiger charge is 2.47. The van der Waals surface area contributed by atoms with Crippen molar-refractivity contribution in [1.29, 1.82) is 0 Å². The Morgan fingerprint density at radius 3 is 1.87 bits per heavy atom. The molecule has 2 amide bonds. The Labute approximate surface area is 285 Å². The number of alkyl carbamates (subject to hydrolysis) is 1. The van der Waals surface area contributed by atoms with E-state index in [9.17, 15) is 9.59 Å². The van der Waals surface area contributed by atoms with Gasteiger partial charge in [-0.05, 0) is 87.9 Å². The largest absolute Gasteiger partial charge is 0.444 e. The SMILES string of the molecule is Cc1cccc(NC(=O)[C@@H]2CCCN2C[C@@H](NC(=O)OC(C)(C)C)C(S)C(c2ccccc2)(c2ccccc2)c2ccccc2)c1C. The molecule has 1 heterocycles. The zero-order chi connectivity index (χ0) is 33.6. The van der Waals surface area contributed by atoms with Gasteiger partial charge in [0.1, 0.15) is 5.60 Å². The number of thiol groups is 1. The van der Waals surface area contributed by atoms with Crippen LogP contribution < -0.4 is 10.6 Å². The molecule has 5 rings (SSSR count). The molecule has 4 aromatic carbocycles. The van der Waals surface area contributed by atoms with Crippen molar-refractivity contribution in [2.45, 2.75) is 75.8 Å². The van der Waals surface area contributed by atoms with Gasteiger partial charge in [0.2, 0.25) is 5.91 Å². The van der Waals surface area contributed by atoms with Crippen LogP contribution in [0.2, 0.25) is 0 Å². The highest BCUT2D eigenvalue weighted by Crippen LogP contribution is 2.46. The number of hydrogen-bond donors (Lipinski definition) is 3. The van der Waals surface area contributed by atoms with Crippen LogP contribution in [0, 0.1) is 13.8 Å². The lowest BCUT2D eigenvalue weighted by molar-refractivity contribution is -0.120. The molecule has 7 heteroatoms.